The Morgan fingerprint density at radius 3 is 3.05 bits per heavy atom. The molecule has 0 bridgehead atoms. The fraction of sp³-hybridized carbons (Fsp3) is 0.308. The molecule has 0 saturated carbocycles. The Bertz CT molecular complexity index is 671. The fourth-order valence-corrected chi connectivity index (χ4v) is 2.39. The smallest absolute Gasteiger partial charge is 0.152 e. The van der Waals surface area contributed by atoms with Gasteiger partial charge in [0, 0.05) is 23.5 Å². The molecule has 0 fully saturated rings. The van der Waals surface area contributed by atoms with Crippen molar-refractivity contribution in [1.82, 2.24) is 19.6 Å². The number of aromatic nitrogens is 4. The number of hydrogen-bond acceptors (Lipinski definition) is 5. The molecular weight excluding hydrogens is 258 g/mol. The van der Waals surface area contributed by atoms with Gasteiger partial charge < -0.3 is 5.32 Å². The summed E-state index contributed by atoms with van der Waals surface area (Å²) in [5, 5.41) is 7.89. The monoisotopic (exact) mass is 273 g/mol. The van der Waals surface area contributed by atoms with Gasteiger partial charge in [0.15, 0.2) is 5.82 Å². The first-order valence-electron chi connectivity index (χ1n) is 6.19. The van der Waals surface area contributed by atoms with E-state index in [-0.39, 0.29) is 0 Å². The lowest BCUT2D eigenvalue weighted by Crippen LogP contribution is -2.02. The summed E-state index contributed by atoms with van der Waals surface area (Å²) in [6.07, 6.45) is 5.51. The van der Waals surface area contributed by atoms with Crippen molar-refractivity contribution in [3.8, 4) is 0 Å². The highest BCUT2D eigenvalue weighted by atomic mass is 32.1. The molecule has 3 rings (SSSR count). The van der Waals surface area contributed by atoms with Gasteiger partial charge in [-0.15, -0.1) is 11.3 Å². The molecule has 1 N–H and O–H groups in total. The molecule has 0 saturated heterocycles. The first-order valence-corrected chi connectivity index (χ1v) is 7.07. The molecule has 0 radical (unpaired) electrons. The van der Waals surface area contributed by atoms with Crippen LogP contribution in [0.4, 0.5) is 5.82 Å². The van der Waals surface area contributed by atoms with Crippen LogP contribution >= 0.6 is 11.3 Å². The van der Waals surface area contributed by atoms with Crippen molar-refractivity contribution in [2.45, 2.75) is 26.3 Å². The van der Waals surface area contributed by atoms with Crippen molar-refractivity contribution >= 4 is 22.7 Å². The second-order valence-electron chi connectivity index (χ2n) is 4.65. The maximum Gasteiger partial charge on any atom is 0.152 e. The molecule has 5 nitrogen and oxygen atoms in total. The molecule has 3 aromatic heterocycles. The van der Waals surface area contributed by atoms with E-state index in [0.717, 1.165) is 23.6 Å². The normalized spacial score (nSPS) is 11.3. The van der Waals surface area contributed by atoms with E-state index in [9.17, 15) is 0 Å². The molecule has 0 aliphatic rings. The minimum Gasteiger partial charge on any atom is -0.363 e. The van der Waals surface area contributed by atoms with Crippen LogP contribution in [-0.2, 0) is 6.54 Å². The van der Waals surface area contributed by atoms with Crippen LogP contribution in [0.2, 0.25) is 0 Å². The Morgan fingerprint density at radius 2 is 2.32 bits per heavy atom. The predicted octanol–water partition coefficient (Wildman–Crippen LogP) is 2.92. The first-order chi connectivity index (χ1) is 9.24. The first kappa shape index (κ1) is 12.1. The van der Waals surface area contributed by atoms with Gasteiger partial charge in [0.2, 0.25) is 0 Å². The zero-order valence-electron chi connectivity index (χ0n) is 10.9. The third-order valence-corrected chi connectivity index (χ3v) is 3.69. The standard InChI is InChI=1S/C13H15N5S/c1-9(2)11-5-12-13(15-3-4-18(12)17-11)16-7-10-6-14-8-19-10/h3-6,8-9H,7H2,1-2H3,(H,15,16). The zero-order valence-corrected chi connectivity index (χ0v) is 11.7. The molecule has 3 aromatic rings. The summed E-state index contributed by atoms with van der Waals surface area (Å²) in [4.78, 5) is 9.64. The molecule has 0 atom stereocenters. The van der Waals surface area contributed by atoms with Crippen LogP contribution in [0.1, 0.15) is 30.3 Å². The third kappa shape index (κ3) is 2.44. The lowest BCUT2D eigenvalue weighted by atomic mass is 10.1. The van der Waals surface area contributed by atoms with Crippen molar-refractivity contribution < 1.29 is 0 Å². The van der Waals surface area contributed by atoms with Crippen LogP contribution in [0.3, 0.4) is 0 Å². The van der Waals surface area contributed by atoms with Gasteiger partial charge >= 0.3 is 0 Å². The van der Waals surface area contributed by atoms with E-state index in [1.54, 1.807) is 17.5 Å². The fourth-order valence-electron chi connectivity index (χ4n) is 1.86. The molecule has 0 aliphatic heterocycles. The van der Waals surface area contributed by atoms with Gasteiger partial charge in [-0.05, 0) is 12.0 Å². The average molecular weight is 273 g/mol. The molecule has 0 aliphatic carbocycles. The minimum absolute atomic E-state index is 0.411. The predicted molar refractivity (Wildman–Crippen MR) is 76.5 cm³/mol. The third-order valence-electron chi connectivity index (χ3n) is 2.91. The topological polar surface area (TPSA) is 55.1 Å². The van der Waals surface area contributed by atoms with E-state index in [2.05, 4.69) is 40.3 Å². The summed E-state index contributed by atoms with van der Waals surface area (Å²) in [6.45, 7) is 5.01. The molecule has 3 heterocycles. The highest BCUT2D eigenvalue weighted by Gasteiger charge is 2.09. The lowest BCUT2D eigenvalue weighted by Gasteiger charge is -2.04. The quantitative estimate of drug-likeness (QED) is 0.794. The maximum atomic E-state index is 4.54. The van der Waals surface area contributed by atoms with Crippen molar-refractivity contribution in [2.75, 3.05) is 5.32 Å². The van der Waals surface area contributed by atoms with Crippen LogP contribution in [0.25, 0.3) is 5.52 Å². The number of rotatable bonds is 4. The molecule has 19 heavy (non-hydrogen) atoms. The number of anilines is 1. The number of nitrogens with one attached hydrogen (secondary N) is 1. The zero-order chi connectivity index (χ0) is 13.2. The van der Waals surface area contributed by atoms with Crippen LogP contribution in [-0.4, -0.2) is 19.6 Å². The summed E-state index contributed by atoms with van der Waals surface area (Å²) < 4.78 is 1.87. The second-order valence-corrected chi connectivity index (χ2v) is 5.62. The van der Waals surface area contributed by atoms with Gasteiger partial charge in [0.1, 0.15) is 5.52 Å². The molecule has 0 aromatic carbocycles. The maximum absolute atomic E-state index is 4.54. The van der Waals surface area contributed by atoms with Crippen molar-refractivity contribution in [3.05, 3.63) is 40.7 Å². The second kappa shape index (κ2) is 4.97. The number of nitrogens with zero attached hydrogens (tertiary/aromatic N) is 4. The van der Waals surface area contributed by atoms with Crippen LogP contribution < -0.4 is 5.32 Å². The summed E-state index contributed by atoms with van der Waals surface area (Å²) in [6, 6.07) is 2.09. The lowest BCUT2D eigenvalue weighted by molar-refractivity contribution is 0.787. The number of fused-ring (bicyclic) bond motifs is 1. The minimum atomic E-state index is 0.411. The summed E-state index contributed by atoms with van der Waals surface area (Å²) in [7, 11) is 0. The van der Waals surface area contributed by atoms with E-state index < -0.39 is 0 Å². The van der Waals surface area contributed by atoms with E-state index in [0.29, 0.717) is 5.92 Å². The Morgan fingerprint density at radius 1 is 1.42 bits per heavy atom. The Kier molecular flexibility index (Phi) is 3.16. The number of hydrogen-bond donors (Lipinski definition) is 1. The van der Waals surface area contributed by atoms with E-state index in [1.807, 2.05) is 22.4 Å². The van der Waals surface area contributed by atoms with Gasteiger partial charge in [-0.3, -0.25) is 4.98 Å². The molecule has 0 spiro atoms. The summed E-state index contributed by atoms with van der Waals surface area (Å²) in [5.74, 6) is 1.27. The van der Waals surface area contributed by atoms with Gasteiger partial charge in [0.05, 0.1) is 17.7 Å². The highest BCUT2D eigenvalue weighted by Crippen LogP contribution is 2.20. The van der Waals surface area contributed by atoms with Crippen molar-refractivity contribution in [3.63, 3.8) is 0 Å². The average Bonchev–Trinajstić information content (AvgIpc) is 3.05. The van der Waals surface area contributed by atoms with Gasteiger partial charge in [0.25, 0.3) is 0 Å². The van der Waals surface area contributed by atoms with Crippen molar-refractivity contribution in [2.24, 2.45) is 0 Å². The number of thiazole rings is 1. The summed E-state index contributed by atoms with van der Waals surface area (Å²) >= 11 is 1.63. The van der Waals surface area contributed by atoms with Crippen LogP contribution in [0.15, 0.2) is 30.2 Å². The Hall–Kier alpha value is -1.95. The van der Waals surface area contributed by atoms with Crippen LogP contribution in [0, 0.1) is 0 Å². The molecular formula is C13H15N5S. The van der Waals surface area contributed by atoms with E-state index >= 15 is 0 Å². The van der Waals surface area contributed by atoms with Gasteiger partial charge in [-0.2, -0.15) is 5.10 Å². The highest BCUT2D eigenvalue weighted by molar-refractivity contribution is 7.09. The molecule has 98 valence electrons. The summed E-state index contributed by atoms with van der Waals surface area (Å²) in [5.41, 5.74) is 3.92. The van der Waals surface area contributed by atoms with E-state index in [4.69, 9.17) is 0 Å². The van der Waals surface area contributed by atoms with Gasteiger partial charge in [-0.25, -0.2) is 9.50 Å². The largest absolute Gasteiger partial charge is 0.363 e. The van der Waals surface area contributed by atoms with Gasteiger partial charge in [-0.1, -0.05) is 13.8 Å². The molecule has 0 amide bonds. The van der Waals surface area contributed by atoms with E-state index in [1.165, 1.54) is 4.88 Å². The van der Waals surface area contributed by atoms with Crippen molar-refractivity contribution in [1.29, 1.82) is 0 Å². The Balaban J connectivity index is 1.90. The van der Waals surface area contributed by atoms with Crippen LogP contribution in [0.5, 0.6) is 0 Å². The molecule has 6 heteroatoms. The SMILES string of the molecule is CC(C)c1cc2c(NCc3cncs3)nccn2n1. The Labute approximate surface area is 115 Å². The molecule has 0 unspecified atom stereocenters.